The van der Waals surface area contributed by atoms with Crippen molar-refractivity contribution < 1.29 is 19.7 Å². The minimum Gasteiger partial charge on any atom is -0.497 e. The molecule has 4 heteroatoms. The van der Waals surface area contributed by atoms with Crippen molar-refractivity contribution >= 4 is 5.78 Å². The van der Waals surface area contributed by atoms with E-state index in [1.165, 1.54) is 13.2 Å². The standard InChI is InChI=1S/C14H14O4/c1-18-11-7-8-12(14(16,17)9-11)13(15)10-5-3-2-4-6-10/h2-9,12,16-17H,1H3/t12-/m0/s1. The van der Waals surface area contributed by atoms with Gasteiger partial charge in [-0.05, 0) is 6.08 Å². The molecule has 1 aliphatic rings. The predicted octanol–water partition coefficient (Wildman–Crippen LogP) is 1.27. The van der Waals surface area contributed by atoms with Crippen LogP contribution in [0.1, 0.15) is 10.4 Å². The number of carbonyl (C=O) groups is 1. The quantitative estimate of drug-likeness (QED) is 0.622. The van der Waals surface area contributed by atoms with Gasteiger partial charge < -0.3 is 14.9 Å². The predicted molar refractivity (Wildman–Crippen MR) is 65.7 cm³/mol. The third-order valence-electron chi connectivity index (χ3n) is 2.84. The second-order valence-electron chi connectivity index (χ2n) is 4.10. The molecule has 0 fully saturated rings. The zero-order valence-electron chi connectivity index (χ0n) is 9.91. The molecule has 1 aliphatic carbocycles. The number of hydrogen-bond donors (Lipinski definition) is 2. The average molecular weight is 246 g/mol. The van der Waals surface area contributed by atoms with E-state index in [2.05, 4.69) is 0 Å². The van der Waals surface area contributed by atoms with Crippen molar-refractivity contribution in [2.24, 2.45) is 5.92 Å². The molecule has 1 aromatic carbocycles. The van der Waals surface area contributed by atoms with Crippen LogP contribution in [0.25, 0.3) is 0 Å². The number of aliphatic hydroxyl groups is 2. The number of hydrogen-bond acceptors (Lipinski definition) is 4. The van der Waals surface area contributed by atoms with Gasteiger partial charge in [-0.25, -0.2) is 0 Å². The maximum atomic E-state index is 12.2. The van der Waals surface area contributed by atoms with Crippen LogP contribution in [0.4, 0.5) is 0 Å². The molecule has 0 spiro atoms. The molecule has 1 aromatic rings. The number of ketones is 1. The minimum absolute atomic E-state index is 0.317. The van der Waals surface area contributed by atoms with Crippen molar-refractivity contribution in [3.05, 3.63) is 59.9 Å². The monoisotopic (exact) mass is 246 g/mol. The molecule has 1 atom stereocenters. The molecule has 0 aromatic heterocycles. The largest absolute Gasteiger partial charge is 0.497 e. The van der Waals surface area contributed by atoms with Crippen LogP contribution in [0.15, 0.2) is 54.3 Å². The van der Waals surface area contributed by atoms with Gasteiger partial charge in [0.1, 0.15) is 5.76 Å². The smallest absolute Gasteiger partial charge is 0.200 e. The fourth-order valence-corrected chi connectivity index (χ4v) is 1.87. The van der Waals surface area contributed by atoms with Crippen molar-refractivity contribution in [2.75, 3.05) is 7.11 Å². The molecule has 0 unspecified atom stereocenters. The minimum atomic E-state index is -2.23. The Balaban J connectivity index is 2.28. The van der Waals surface area contributed by atoms with Crippen LogP contribution in [0.3, 0.4) is 0 Å². The first kappa shape index (κ1) is 12.5. The molecule has 0 heterocycles. The summed E-state index contributed by atoms with van der Waals surface area (Å²) in [5, 5.41) is 19.8. The van der Waals surface area contributed by atoms with Crippen molar-refractivity contribution in [1.29, 1.82) is 0 Å². The van der Waals surface area contributed by atoms with Crippen LogP contribution in [0, 0.1) is 5.92 Å². The summed E-state index contributed by atoms with van der Waals surface area (Å²) in [6, 6.07) is 8.53. The Morgan fingerprint density at radius 1 is 1.28 bits per heavy atom. The number of benzene rings is 1. The summed E-state index contributed by atoms with van der Waals surface area (Å²) in [7, 11) is 1.42. The van der Waals surface area contributed by atoms with E-state index in [1.54, 1.807) is 36.4 Å². The van der Waals surface area contributed by atoms with E-state index in [9.17, 15) is 15.0 Å². The normalized spacial score (nSPS) is 21.3. The second-order valence-corrected chi connectivity index (χ2v) is 4.10. The highest BCUT2D eigenvalue weighted by molar-refractivity contribution is 5.99. The first-order valence-electron chi connectivity index (χ1n) is 5.53. The van der Waals surface area contributed by atoms with Gasteiger partial charge in [-0.1, -0.05) is 36.4 Å². The van der Waals surface area contributed by atoms with Crippen molar-refractivity contribution in [2.45, 2.75) is 5.79 Å². The number of carbonyl (C=O) groups excluding carboxylic acids is 1. The Bertz CT molecular complexity index is 500. The van der Waals surface area contributed by atoms with Crippen LogP contribution in [0.5, 0.6) is 0 Å². The average Bonchev–Trinajstić information content (AvgIpc) is 2.38. The van der Waals surface area contributed by atoms with Crippen molar-refractivity contribution in [3.8, 4) is 0 Å². The molecule has 18 heavy (non-hydrogen) atoms. The summed E-state index contributed by atoms with van der Waals surface area (Å²) in [5.74, 6) is -3.29. The van der Waals surface area contributed by atoms with Gasteiger partial charge >= 0.3 is 0 Å². The van der Waals surface area contributed by atoms with Gasteiger partial charge in [0.15, 0.2) is 5.78 Å². The van der Waals surface area contributed by atoms with E-state index in [-0.39, 0.29) is 5.78 Å². The highest BCUT2D eigenvalue weighted by Crippen LogP contribution is 2.28. The lowest BCUT2D eigenvalue weighted by Gasteiger charge is -2.28. The van der Waals surface area contributed by atoms with E-state index in [0.717, 1.165) is 6.08 Å². The number of allylic oxidation sites excluding steroid dienone is 1. The Labute approximate surface area is 105 Å². The molecule has 2 rings (SSSR count). The van der Waals surface area contributed by atoms with Gasteiger partial charge in [-0.15, -0.1) is 0 Å². The first-order valence-corrected chi connectivity index (χ1v) is 5.53. The molecule has 0 bridgehead atoms. The number of rotatable bonds is 3. The fraction of sp³-hybridized carbons (Fsp3) is 0.214. The molecule has 0 saturated heterocycles. The summed E-state index contributed by atoms with van der Waals surface area (Å²) >= 11 is 0. The summed E-state index contributed by atoms with van der Waals surface area (Å²) in [5.41, 5.74) is 0.439. The van der Waals surface area contributed by atoms with Gasteiger partial charge in [-0.3, -0.25) is 4.79 Å². The number of methoxy groups -OCH3 is 1. The Morgan fingerprint density at radius 3 is 2.50 bits per heavy atom. The number of ether oxygens (including phenoxy) is 1. The second kappa shape index (κ2) is 4.76. The molecule has 0 amide bonds. The SMILES string of the molecule is COC1=CC(O)(O)[C@H](C(=O)c2ccccc2)C=C1. The lowest BCUT2D eigenvalue weighted by atomic mass is 9.86. The fourth-order valence-electron chi connectivity index (χ4n) is 1.87. The lowest BCUT2D eigenvalue weighted by molar-refractivity contribution is -0.139. The van der Waals surface area contributed by atoms with Gasteiger partial charge in [0.25, 0.3) is 0 Å². The third-order valence-corrected chi connectivity index (χ3v) is 2.84. The summed E-state index contributed by atoms with van der Waals surface area (Å²) in [6.45, 7) is 0. The first-order chi connectivity index (χ1) is 8.54. The van der Waals surface area contributed by atoms with Gasteiger partial charge in [0, 0.05) is 11.6 Å². The summed E-state index contributed by atoms with van der Waals surface area (Å²) in [4.78, 5) is 12.2. The molecule has 2 N–H and O–H groups in total. The van der Waals surface area contributed by atoms with Gasteiger partial charge in [-0.2, -0.15) is 0 Å². The van der Waals surface area contributed by atoms with Crippen LogP contribution in [-0.4, -0.2) is 28.9 Å². The van der Waals surface area contributed by atoms with E-state index in [4.69, 9.17) is 4.74 Å². The lowest BCUT2D eigenvalue weighted by Crippen LogP contribution is -2.41. The van der Waals surface area contributed by atoms with Crippen LogP contribution in [0.2, 0.25) is 0 Å². The summed E-state index contributed by atoms with van der Waals surface area (Å²) < 4.78 is 4.90. The van der Waals surface area contributed by atoms with E-state index in [0.29, 0.717) is 11.3 Å². The molecule has 0 aliphatic heterocycles. The Kier molecular flexibility index (Phi) is 3.32. The zero-order chi connectivity index (χ0) is 13.2. The van der Waals surface area contributed by atoms with Gasteiger partial charge in [0.05, 0.1) is 13.0 Å². The van der Waals surface area contributed by atoms with E-state index in [1.807, 2.05) is 0 Å². The van der Waals surface area contributed by atoms with Crippen molar-refractivity contribution in [1.82, 2.24) is 0 Å². The Hall–Kier alpha value is -1.91. The van der Waals surface area contributed by atoms with E-state index >= 15 is 0 Å². The highest BCUT2D eigenvalue weighted by Gasteiger charge is 2.39. The molecular weight excluding hydrogens is 232 g/mol. The molecule has 0 radical (unpaired) electrons. The molecule has 0 saturated carbocycles. The third kappa shape index (κ3) is 2.34. The van der Waals surface area contributed by atoms with Crippen molar-refractivity contribution in [3.63, 3.8) is 0 Å². The van der Waals surface area contributed by atoms with Crippen LogP contribution in [-0.2, 0) is 4.74 Å². The molecule has 4 nitrogen and oxygen atoms in total. The topological polar surface area (TPSA) is 66.8 Å². The van der Waals surface area contributed by atoms with Crippen LogP contribution >= 0.6 is 0 Å². The zero-order valence-corrected chi connectivity index (χ0v) is 9.91. The van der Waals surface area contributed by atoms with E-state index < -0.39 is 11.7 Å². The van der Waals surface area contributed by atoms with Gasteiger partial charge in [0.2, 0.25) is 5.79 Å². The van der Waals surface area contributed by atoms with Crippen LogP contribution < -0.4 is 0 Å². The summed E-state index contributed by atoms with van der Waals surface area (Å²) in [6.07, 6.45) is 4.11. The number of Topliss-reactive ketones (excluding diaryl/α,β-unsaturated/α-hetero) is 1. The maximum absolute atomic E-state index is 12.2. The molecular formula is C14H14O4. The highest BCUT2D eigenvalue weighted by atomic mass is 16.5. The molecule has 94 valence electrons. The maximum Gasteiger partial charge on any atom is 0.200 e. The Morgan fingerprint density at radius 2 is 1.94 bits per heavy atom.